The second-order valence-electron chi connectivity index (χ2n) is 7.20. The first-order valence-corrected chi connectivity index (χ1v) is 8.97. The van der Waals surface area contributed by atoms with Crippen LogP contribution in [0, 0.1) is 0 Å². The smallest absolute Gasteiger partial charge is 0.477 e. The minimum absolute atomic E-state index is 0.134. The summed E-state index contributed by atoms with van der Waals surface area (Å²) in [4.78, 5) is 23.7. The maximum atomic E-state index is 12.8. The quantitative estimate of drug-likeness (QED) is 0.830. The lowest BCUT2D eigenvalue weighted by atomic mass is 9.89. The largest absolute Gasteiger partial charge is 0.573 e. The van der Waals surface area contributed by atoms with Gasteiger partial charge < -0.3 is 19.1 Å². The molecule has 9 heteroatoms. The molecule has 0 bridgehead atoms. The first-order chi connectivity index (χ1) is 13.7. The molecule has 0 radical (unpaired) electrons. The number of pyridine rings is 1. The zero-order valence-electron chi connectivity index (χ0n) is 14.8. The number of hydrogen-bond donors (Lipinski definition) is 1. The lowest BCUT2D eigenvalue weighted by Crippen LogP contribution is -2.31. The van der Waals surface area contributed by atoms with Gasteiger partial charge in [-0.15, -0.1) is 13.2 Å². The molecule has 5 rings (SSSR count). The fourth-order valence-corrected chi connectivity index (χ4v) is 4.57. The van der Waals surface area contributed by atoms with Crippen LogP contribution in [0.1, 0.15) is 39.6 Å². The van der Waals surface area contributed by atoms with Crippen LogP contribution in [0.25, 0.3) is 11.1 Å². The Morgan fingerprint density at radius 3 is 2.83 bits per heavy atom. The fraction of sp³-hybridized carbons (Fsp3) is 0.300. The van der Waals surface area contributed by atoms with Crippen molar-refractivity contribution in [3.05, 3.63) is 63.1 Å². The van der Waals surface area contributed by atoms with Crippen LogP contribution < -0.4 is 10.2 Å². The molecular weight excluding hydrogens is 391 g/mol. The van der Waals surface area contributed by atoms with E-state index in [-0.39, 0.29) is 23.8 Å². The van der Waals surface area contributed by atoms with Gasteiger partial charge in [-0.25, -0.2) is 4.79 Å². The second-order valence-corrected chi connectivity index (χ2v) is 7.20. The van der Waals surface area contributed by atoms with Gasteiger partial charge in [0.1, 0.15) is 17.4 Å². The van der Waals surface area contributed by atoms with E-state index in [1.165, 1.54) is 24.4 Å². The Kier molecular flexibility index (Phi) is 3.70. The number of halogens is 3. The molecule has 1 aliphatic carbocycles. The monoisotopic (exact) mass is 405 g/mol. The summed E-state index contributed by atoms with van der Waals surface area (Å²) in [6.07, 6.45) is -3.20. The summed E-state index contributed by atoms with van der Waals surface area (Å²) in [7, 11) is 0. The summed E-state index contributed by atoms with van der Waals surface area (Å²) in [5.41, 5.74) is 1.92. The van der Waals surface area contributed by atoms with Gasteiger partial charge in [0.05, 0.1) is 6.04 Å². The lowest BCUT2D eigenvalue weighted by molar-refractivity contribution is -0.274. The SMILES string of the molecule is O=C(O)c1cn2c(cc1=O)C1=C(c3cccc(OC(F)(F)F)c3C1)[C@H]1OCC[C@H]12. The second kappa shape index (κ2) is 5.96. The van der Waals surface area contributed by atoms with Crippen molar-refractivity contribution in [2.75, 3.05) is 6.61 Å². The Morgan fingerprint density at radius 1 is 1.31 bits per heavy atom. The normalized spacial score (nSPS) is 22.0. The summed E-state index contributed by atoms with van der Waals surface area (Å²) in [6, 6.07) is 5.50. The van der Waals surface area contributed by atoms with Gasteiger partial charge in [0.25, 0.3) is 0 Å². The highest BCUT2D eigenvalue weighted by molar-refractivity contribution is 6.00. The number of rotatable bonds is 2. The Labute approximate surface area is 161 Å². The Balaban J connectivity index is 1.71. The number of nitrogens with zero attached hydrogens (tertiary/aromatic N) is 1. The number of carboxylic acid groups (broad SMARTS) is 1. The number of carboxylic acids is 1. The number of aromatic nitrogens is 1. The van der Waals surface area contributed by atoms with Gasteiger partial charge in [-0.2, -0.15) is 0 Å². The van der Waals surface area contributed by atoms with Gasteiger partial charge in [0, 0.05) is 36.5 Å². The summed E-state index contributed by atoms with van der Waals surface area (Å²) < 4.78 is 50.4. The summed E-state index contributed by atoms with van der Waals surface area (Å²) >= 11 is 0. The molecule has 0 saturated carbocycles. The van der Waals surface area contributed by atoms with Crippen LogP contribution in [0.2, 0.25) is 0 Å². The van der Waals surface area contributed by atoms with Crippen molar-refractivity contribution in [2.24, 2.45) is 0 Å². The van der Waals surface area contributed by atoms with E-state index >= 15 is 0 Å². The van der Waals surface area contributed by atoms with Gasteiger partial charge >= 0.3 is 12.3 Å². The average molecular weight is 405 g/mol. The minimum atomic E-state index is -4.82. The van der Waals surface area contributed by atoms with Crippen LogP contribution >= 0.6 is 0 Å². The highest BCUT2D eigenvalue weighted by Gasteiger charge is 2.44. The van der Waals surface area contributed by atoms with E-state index in [1.807, 2.05) is 0 Å². The molecule has 3 aliphatic rings. The number of allylic oxidation sites excluding steroid dienone is 1. The number of alkyl halides is 3. The molecule has 1 fully saturated rings. The number of benzene rings is 1. The van der Waals surface area contributed by atoms with Crippen molar-refractivity contribution in [1.82, 2.24) is 4.57 Å². The third-order valence-corrected chi connectivity index (χ3v) is 5.65. The Hall–Kier alpha value is -3.07. The Bertz CT molecular complexity index is 1150. The number of fused-ring (bicyclic) bond motifs is 7. The maximum Gasteiger partial charge on any atom is 0.573 e. The standard InChI is InChI=1S/C20H14F3NO5/c21-20(22,23)29-16-3-1-2-9-10(16)6-11-14-7-15(25)12(19(26)27)8-24(14)13-4-5-28-18(13)17(9)11/h1-3,7-8,13,18H,4-6H2,(H,26,27)/t13-,18+/m1/s1. The maximum absolute atomic E-state index is 12.8. The van der Waals surface area contributed by atoms with Crippen LogP contribution in [0.4, 0.5) is 13.2 Å². The van der Waals surface area contributed by atoms with E-state index in [2.05, 4.69) is 4.74 Å². The summed E-state index contributed by atoms with van der Waals surface area (Å²) in [5.74, 6) is -1.61. The first-order valence-electron chi connectivity index (χ1n) is 8.97. The van der Waals surface area contributed by atoms with Gasteiger partial charge in [-0.05, 0) is 29.2 Å². The minimum Gasteiger partial charge on any atom is -0.477 e. The van der Waals surface area contributed by atoms with Crippen LogP contribution in [0.15, 0.2) is 35.3 Å². The predicted molar refractivity (Wildman–Crippen MR) is 94.7 cm³/mol. The van der Waals surface area contributed by atoms with Crippen LogP contribution in [0.3, 0.4) is 0 Å². The fourth-order valence-electron chi connectivity index (χ4n) is 4.57. The Morgan fingerprint density at radius 2 is 2.10 bits per heavy atom. The van der Waals surface area contributed by atoms with Crippen molar-refractivity contribution in [1.29, 1.82) is 0 Å². The number of hydrogen-bond acceptors (Lipinski definition) is 4. The third-order valence-electron chi connectivity index (χ3n) is 5.65. The molecule has 2 aliphatic heterocycles. The topological polar surface area (TPSA) is 77.8 Å². The highest BCUT2D eigenvalue weighted by atomic mass is 19.4. The zero-order chi connectivity index (χ0) is 20.5. The molecule has 1 aromatic heterocycles. The lowest BCUT2D eigenvalue weighted by Gasteiger charge is -2.32. The van der Waals surface area contributed by atoms with E-state index in [0.717, 1.165) is 5.57 Å². The van der Waals surface area contributed by atoms with E-state index in [0.29, 0.717) is 35.4 Å². The van der Waals surface area contributed by atoms with E-state index in [4.69, 9.17) is 4.74 Å². The van der Waals surface area contributed by atoms with E-state index < -0.39 is 23.9 Å². The molecule has 1 saturated heterocycles. The summed E-state index contributed by atoms with van der Waals surface area (Å²) in [6.45, 7) is 0.425. The summed E-state index contributed by atoms with van der Waals surface area (Å²) in [5, 5.41) is 9.30. The van der Waals surface area contributed by atoms with E-state index in [1.54, 1.807) is 10.6 Å². The molecule has 0 amide bonds. The molecule has 1 N–H and O–H groups in total. The van der Waals surface area contributed by atoms with Crippen LogP contribution in [-0.2, 0) is 11.2 Å². The molecule has 150 valence electrons. The zero-order valence-corrected chi connectivity index (χ0v) is 14.8. The molecule has 2 atom stereocenters. The van der Waals surface area contributed by atoms with Gasteiger partial charge in [-0.3, -0.25) is 4.79 Å². The third kappa shape index (κ3) is 2.68. The highest BCUT2D eigenvalue weighted by Crippen LogP contribution is 2.52. The first kappa shape index (κ1) is 18.0. The van der Waals surface area contributed by atoms with Crippen molar-refractivity contribution in [2.45, 2.75) is 31.3 Å². The van der Waals surface area contributed by atoms with Crippen LogP contribution in [0.5, 0.6) is 5.75 Å². The molecular formula is C20H14F3NO5. The van der Waals surface area contributed by atoms with Gasteiger partial charge in [-0.1, -0.05) is 12.1 Å². The number of carbonyl (C=O) groups is 1. The molecule has 1 aromatic carbocycles. The average Bonchev–Trinajstić information content (AvgIpc) is 3.24. The molecule has 29 heavy (non-hydrogen) atoms. The number of aromatic carboxylic acids is 1. The van der Waals surface area contributed by atoms with Crippen molar-refractivity contribution in [3.8, 4) is 5.75 Å². The van der Waals surface area contributed by atoms with Crippen LogP contribution in [-0.4, -0.2) is 34.7 Å². The van der Waals surface area contributed by atoms with Gasteiger partial charge in [0.15, 0.2) is 5.43 Å². The van der Waals surface area contributed by atoms with Crippen molar-refractivity contribution < 1.29 is 32.5 Å². The predicted octanol–water partition coefficient (Wildman–Crippen LogP) is 3.26. The molecule has 2 aromatic rings. The molecule has 6 nitrogen and oxygen atoms in total. The number of ether oxygens (including phenoxy) is 2. The van der Waals surface area contributed by atoms with Gasteiger partial charge in [0.2, 0.25) is 0 Å². The molecule has 0 spiro atoms. The van der Waals surface area contributed by atoms with Crippen molar-refractivity contribution in [3.63, 3.8) is 0 Å². The molecule has 3 heterocycles. The van der Waals surface area contributed by atoms with Crippen molar-refractivity contribution >= 4 is 17.1 Å². The van der Waals surface area contributed by atoms with E-state index in [9.17, 15) is 27.9 Å². The molecule has 0 unspecified atom stereocenters.